The van der Waals surface area contributed by atoms with E-state index in [1.807, 2.05) is 12.8 Å². The van der Waals surface area contributed by atoms with E-state index in [0.29, 0.717) is 29.8 Å². The van der Waals surface area contributed by atoms with Crippen molar-refractivity contribution < 1.29 is 0 Å². The summed E-state index contributed by atoms with van der Waals surface area (Å²) in [7, 11) is 0. The first-order valence-corrected chi connectivity index (χ1v) is 25.8. The SMILES string of the molecule is CCC1(S)C23C4CC45CC54C56C7C89C%10C8(S)C8%11C%12%13C%14C%12(S)CC%14%12C%14%15CC%16%17CC%18%19CC%14%20C%18%14C%18%21C%19%22C%16CC%17(S)C1%22C2%18C31C23C45C4(C796)C%108C56C%20(C%12%15C%13%115)C%14(C462)C%2113. The van der Waals surface area contributed by atoms with Gasteiger partial charge in [0.25, 0.3) is 0 Å². The highest BCUT2D eigenvalue weighted by atomic mass is 32.1. The summed E-state index contributed by atoms with van der Waals surface area (Å²) < 4.78 is 1.76. The van der Waals surface area contributed by atoms with Crippen LogP contribution in [0.3, 0.4) is 0 Å². The lowest BCUT2D eigenvalue weighted by molar-refractivity contribution is -0.991. The molecule has 0 saturated heterocycles. The van der Waals surface area contributed by atoms with Crippen LogP contribution >= 0.6 is 50.5 Å². The van der Waals surface area contributed by atoms with Gasteiger partial charge in [-0.3, -0.25) is 0 Å². The molecule has 34 aliphatic rings. The summed E-state index contributed by atoms with van der Waals surface area (Å²) in [5.74, 6) is 5.82. The molecule has 0 N–H and O–H groups in total. The molecule has 0 aromatic heterocycles. The first-order chi connectivity index (χ1) is 25.1. The molecule has 30 spiro atoms. The maximum Gasteiger partial charge on any atom is 0.0312 e. The fourth-order valence-electron chi connectivity index (χ4n) is 53.7. The lowest BCUT2D eigenvalue weighted by Gasteiger charge is -3.43. The van der Waals surface area contributed by atoms with E-state index in [2.05, 4.69) is 6.92 Å². The van der Waals surface area contributed by atoms with E-state index in [4.69, 9.17) is 50.5 Å². The highest BCUT2D eigenvalue weighted by Crippen LogP contribution is 3.80. The van der Waals surface area contributed by atoms with Crippen LogP contribution in [0.2, 0.25) is 0 Å². The molecule has 0 aromatic carbocycles. The van der Waals surface area contributed by atoms with E-state index in [-0.39, 0.29) is 0 Å². The molecule has 34 rings (SSSR count). The molecule has 0 amide bonds. The van der Waals surface area contributed by atoms with Gasteiger partial charge in [-0.05, 0) is 195 Å². The van der Waals surface area contributed by atoms with Crippen LogP contribution in [0.25, 0.3) is 0 Å². The molecular formula is C48H28S4. The quantitative estimate of drug-likeness (QED) is 0.270. The van der Waals surface area contributed by atoms with Crippen molar-refractivity contribution in [2.45, 2.75) is 77.3 Å². The molecule has 0 aliphatic heterocycles. The van der Waals surface area contributed by atoms with Crippen LogP contribution in [0.1, 0.15) is 58.3 Å². The van der Waals surface area contributed by atoms with Crippen molar-refractivity contribution >= 4 is 50.5 Å². The maximum atomic E-state index is 6.79. The van der Waals surface area contributed by atoms with E-state index < -0.39 is 0 Å². The summed E-state index contributed by atoms with van der Waals surface area (Å²) in [6.07, 6.45) is 13.7. The minimum atomic E-state index is 0.354. The van der Waals surface area contributed by atoms with Crippen molar-refractivity contribution in [1.82, 2.24) is 0 Å². The van der Waals surface area contributed by atoms with Crippen molar-refractivity contribution in [3.8, 4) is 0 Å². The van der Waals surface area contributed by atoms with E-state index in [9.17, 15) is 0 Å². The van der Waals surface area contributed by atoms with Crippen molar-refractivity contribution in [2.24, 2.45) is 192 Å². The third-order valence-corrected chi connectivity index (χ3v) is 46.1. The van der Waals surface area contributed by atoms with Crippen molar-refractivity contribution in [3.05, 3.63) is 0 Å². The average molecular weight is 733 g/mol. The van der Waals surface area contributed by atoms with Crippen molar-refractivity contribution in [2.75, 3.05) is 0 Å². The molecular weight excluding hydrogens is 705 g/mol. The molecule has 39 unspecified atom stereocenters. The van der Waals surface area contributed by atoms with E-state index in [0.717, 1.165) is 169 Å². The van der Waals surface area contributed by atoms with Gasteiger partial charge >= 0.3 is 0 Å². The molecule has 34 fully saturated rings. The highest BCUT2D eigenvalue weighted by Gasteiger charge is 3.80. The first-order valence-electron chi connectivity index (χ1n) is 24.0. The van der Waals surface area contributed by atoms with Crippen LogP contribution in [0, 0.1) is 192 Å². The minimum absolute atomic E-state index is 0.354. The van der Waals surface area contributed by atoms with Gasteiger partial charge in [0.15, 0.2) is 0 Å². The molecule has 0 heterocycles. The van der Waals surface area contributed by atoms with E-state index in [1.165, 1.54) is 18.3 Å². The molecule has 6 bridgehead atoms. The zero-order chi connectivity index (χ0) is 30.5. The predicted molar refractivity (Wildman–Crippen MR) is 180 cm³/mol. The summed E-state index contributed by atoms with van der Waals surface area (Å²) in [5.41, 5.74) is 25.7. The molecule has 52 heavy (non-hydrogen) atoms. The van der Waals surface area contributed by atoms with Gasteiger partial charge in [0.05, 0.1) is 0 Å². The number of fused-ring (bicyclic) bond motifs is 8. The third kappa shape index (κ3) is 0.392. The predicted octanol–water partition coefficient (Wildman–Crippen LogP) is 4.95. The molecule has 39 atom stereocenters. The molecule has 244 valence electrons. The Morgan fingerprint density at radius 1 is 0.462 bits per heavy atom. The smallest absolute Gasteiger partial charge is 0.0312 e. The Hall–Kier alpha value is 1.40. The van der Waals surface area contributed by atoms with Gasteiger partial charge in [-0.15, -0.1) is 0 Å². The standard InChI is InChI=1S/C48H28S4/c1-2-23(50)27-10-3-15(10)6-20(15)29-13-25-14-31-38(32(14,25)52)28-12-18(9-19(12,28)49)21-7-16-5-17-8-22(21)33(17)40-26(17)11(16)4-24(16,51)37(23,26)41(27,40)42(27)46-35(20,29)39(31,30(13,25)29)47(46)44(31)36(22,34(18,21)43(28,38)44)45(33,47)48(40,42)46/h10-14,49-52H,2-9H2,1H3. The normalized spacial score (nSPS) is 140. The van der Waals surface area contributed by atoms with Gasteiger partial charge in [0.2, 0.25) is 0 Å². The number of hydrogen-bond donors (Lipinski definition) is 4. The average Bonchev–Trinajstić information content (AvgIpc) is 3.77. The molecule has 34 saturated carbocycles. The van der Waals surface area contributed by atoms with Crippen molar-refractivity contribution in [3.63, 3.8) is 0 Å². The van der Waals surface area contributed by atoms with Crippen LogP contribution in [0.5, 0.6) is 0 Å². The monoisotopic (exact) mass is 732 g/mol. The Morgan fingerprint density at radius 2 is 1.19 bits per heavy atom. The van der Waals surface area contributed by atoms with E-state index >= 15 is 0 Å². The molecule has 0 nitrogen and oxygen atoms in total. The summed E-state index contributed by atoms with van der Waals surface area (Å²) in [4.78, 5) is 0. The minimum Gasteiger partial charge on any atom is -0.171 e. The van der Waals surface area contributed by atoms with Crippen LogP contribution in [-0.2, 0) is 0 Å². The molecule has 0 radical (unpaired) electrons. The zero-order valence-electron chi connectivity index (χ0n) is 28.3. The van der Waals surface area contributed by atoms with Gasteiger partial charge in [0.1, 0.15) is 0 Å². The Bertz CT molecular complexity index is 3570. The summed E-state index contributed by atoms with van der Waals surface area (Å²) >= 11 is 26.3. The summed E-state index contributed by atoms with van der Waals surface area (Å²) in [5, 5.41) is 0. The largest absolute Gasteiger partial charge is 0.171 e. The molecule has 34 aliphatic carbocycles. The summed E-state index contributed by atoms with van der Waals surface area (Å²) in [6.45, 7) is 2.79. The Kier molecular flexibility index (Phi) is 0.980. The van der Waals surface area contributed by atoms with Gasteiger partial charge in [-0.25, -0.2) is 0 Å². The van der Waals surface area contributed by atoms with Gasteiger partial charge < -0.3 is 0 Å². The topological polar surface area (TPSA) is 0 Å². The third-order valence-electron chi connectivity index (χ3n) is 42.4. The van der Waals surface area contributed by atoms with Gasteiger partial charge in [-0.1, -0.05) is 6.92 Å². The summed E-state index contributed by atoms with van der Waals surface area (Å²) in [6, 6.07) is 0. The van der Waals surface area contributed by atoms with Crippen LogP contribution in [0.15, 0.2) is 0 Å². The van der Waals surface area contributed by atoms with E-state index in [1.54, 1.807) is 32.1 Å². The fourth-order valence-corrected chi connectivity index (χ4v) is 58.2. The lowest BCUT2D eigenvalue weighted by atomic mass is 8.58. The second-order valence-corrected chi connectivity index (χ2v) is 35.3. The lowest BCUT2D eigenvalue weighted by Crippen LogP contribution is -3.43. The van der Waals surface area contributed by atoms with Gasteiger partial charge in [0, 0.05) is 67.7 Å². The highest BCUT2D eigenvalue weighted by molar-refractivity contribution is 7.83. The second kappa shape index (κ2) is 2.65. The Labute approximate surface area is 317 Å². The zero-order valence-corrected chi connectivity index (χ0v) is 31.9. The maximum absolute atomic E-state index is 6.79. The Morgan fingerprint density at radius 3 is 2.08 bits per heavy atom. The Balaban J connectivity index is 0.948. The first kappa shape index (κ1) is 19.2. The number of thiol groups is 4. The van der Waals surface area contributed by atoms with Crippen molar-refractivity contribution in [1.29, 1.82) is 0 Å². The molecule has 4 heteroatoms. The van der Waals surface area contributed by atoms with Crippen LogP contribution in [-0.4, -0.2) is 19.0 Å². The van der Waals surface area contributed by atoms with Crippen LogP contribution < -0.4 is 0 Å². The van der Waals surface area contributed by atoms with Gasteiger partial charge in [-0.2, -0.15) is 50.5 Å². The fraction of sp³-hybridized carbons (Fsp3) is 1.00. The number of rotatable bonds is 1. The molecule has 0 aromatic rings. The second-order valence-electron chi connectivity index (χ2n) is 32.3. The number of hydrogen-bond acceptors (Lipinski definition) is 4. The van der Waals surface area contributed by atoms with Crippen LogP contribution in [0.4, 0.5) is 0 Å².